The number of nitrogens with zero attached hydrogens (tertiary/aromatic N) is 1. The van der Waals surface area contributed by atoms with Crippen LogP contribution in [0.1, 0.15) is 45.1 Å². The molecule has 0 saturated carbocycles. The Morgan fingerprint density at radius 2 is 1.67 bits per heavy atom. The summed E-state index contributed by atoms with van der Waals surface area (Å²) in [5.41, 5.74) is 7.53. The van der Waals surface area contributed by atoms with Gasteiger partial charge in [-0.25, -0.2) is 8.42 Å². The van der Waals surface area contributed by atoms with Gasteiger partial charge in [0, 0.05) is 34.7 Å². The molecule has 1 fully saturated rings. The van der Waals surface area contributed by atoms with Crippen molar-refractivity contribution in [1.82, 2.24) is 4.31 Å². The molecule has 9 nitrogen and oxygen atoms in total. The molecular formula is C32H28F2N4O5S3. The number of fused-ring (bicyclic) bond motifs is 1. The van der Waals surface area contributed by atoms with Gasteiger partial charge in [0.25, 0.3) is 11.7 Å². The van der Waals surface area contributed by atoms with E-state index in [1.165, 1.54) is 34.6 Å². The topological polar surface area (TPSA) is 135 Å². The molecule has 46 heavy (non-hydrogen) atoms. The number of hydrogen-bond acceptors (Lipinski definition) is 9. The molecule has 0 spiro atoms. The van der Waals surface area contributed by atoms with Crippen LogP contribution in [0.2, 0.25) is 0 Å². The molecule has 1 amide bonds. The summed E-state index contributed by atoms with van der Waals surface area (Å²) in [6.07, 6.45) is 2.54. The van der Waals surface area contributed by atoms with Crippen molar-refractivity contribution in [3.05, 3.63) is 95.1 Å². The van der Waals surface area contributed by atoms with Crippen molar-refractivity contribution >= 4 is 77.8 Å². The zero-order chi connectivity index (χ0) is 32.4. The highest BCUT2D eigenvalue weighted by Gasteiger charge is 2.29. The lowest BCUT2D eigenvalue weighted by atomic mass is 10.1. The molecule has 4 N–H and O–H groups in total. The molecule has 1 aliphatic rings. The fraction of sp³-hybridized carbons (Fsp3) is 0.188. The summed E-state index contributed by atoms with van der Waals surface area (Å²) in [6.45, 7) is 0.868. The van der Waals surface area contributed by atoms with E-state index in [2.05, 4.69) is 10.6 Å². The lowest BCUT2D eigenvalue weighted by molar-refractivity contribution is 0.101. The number of nitrogens with two attached hydrogens (primary N) is 1. The van der Waals surface area contributed by atoms with Gasteiger partial charge >= 0.3 is 0 Å². The maximum atomic E-state index is 13.8. The minimum Gasteiger partial charge on any atom is -0.453 e. The number of carbonyl (C=O) groups excluding carboxylic acids is 2. The van der Waals surface area contributed by atoms with Gasteiger partial charge in [-0.15, -0.1) is 11.3 Å². The molecule has 0 unspecified atom stereocenters. The van der Waals surface area contributed by atoms with Crippen LogP contribution in [0.4, 0.5) is 30.8 Å². The third-order valence-electron chi connectivity index (χ3n) is 7.41. The molecule has 0 aliphatic carbocycles. The summed E-state index contributed by atoms with van der Waals surface area (Å²) in [7, 11) is -3.76. The molecule has 238 valence electrons. The van der Waals surface area contributed by atoms with Crippen LogP contribution in [-0.4, -0.2) is 43.3 Å². The number of halogens is 2. The maximum Gasteiger partial charge on any atom is 0.288 e. The fourth-order valence-corrected chi connectivity index (χ4v) is 8.31. The lowest BCUT2D eigenvalue weighted by Gasteiger charge is -2.26. The van der Waals surface area contributed by atoms with E-state index < -0.39 is 27.5 Å². The SMILES string of the molecule is Nc1c(C(=O)c2cc3ccccc3o2)sc(Nc2ccc(SC(F)F)cc2)c1C(=O)Nc1cccc(S(=O)(=O)N2CCCCC2)c1. The molecule has 6 rings (SSSR count). The Hall–Kier alpha value is -4.24. The molecule has 1 aliphatic heterocycles. The minimum absolute atomic E-state index is 0.0386. The predicted molar refractivity (Wildman–Crippen MR) is 177 cm³/mol. The van der Waals surface area contributed by atoms with Gasteiger partial charge in [-0.3, -0.25) is 9.59 Å². The van der Waals surface area contributed by atoms with Crippen LogP contribution < -0.4 is 16.4 Å². The van der Waals surface area contributed by atoms with E-state index in [-0.39, 0.29) is 37.5 Å². The monoisotopic (exact) mass is 682 g/mol. The Labute approximate surface area is 271 Å². The van der Waals surface area contributed by atoms with Crippen LogP contribution in [-0.2, 0) is 10.0 Å². The van der Waals surface area contributed by atoms with E-state index in [4.69, 9.17) is 10.2 Å². The van der Waals surface area contributed by atoms with Gasteiger partial charge in [0.2, 0.25) is 15.8 Å². The lowest BCUT2D eigenvalue weighted by Crippen LogP contribution is -2.35. The number of furan rings is 1. The van der Waals surface area contributed by atoms with Crippen molar-refractivity contribution in [1.29, 1.82) is 0 Å². The highest BCUT2D eigenvalue weighted by Crippen LogP contribution is 2.40. The smallest absolute Gasteiger partial charge is 0.288 e. The summed E-state index contributed by atoms with van der Waals surface area (Å²) >= 11 is 1.34. The first kappa shape index (κ1) is 31.7. The number of sulfonamides is 1. The molecule has 3 aromatic carbocycles. The number of nitrogen functional groups attached to an aromatic ring is 1. The number of para-hydroxylation sites is 1. The molecule has 0 atom stereocenters. The highest BCUT2D eigenvalue weighted by molar-refractivity contribution is 7.99. The second-order valence-corrected chi connectivity index (χ2v) is 14.5. The third-order valence-corrected chi connectivity index (χ3v) is 11.1. The van der Waals surface area contributed by atoms with Gasteiger partial charge in [0.15, 0.2) is 5.76 Å². The van der Waals surface area contributed by atoms with Crippen LogP contribution in [0.25, 0.3) is 11.0 Å². The molecule has 0 radical (unpaired) electrons. The van der Waals surface area contributed by atoms with E-state index in [9.17, 15) is 26.8 Å². The minimum atomic E-state index is -3.76. The van der Waals surface area contributed by atoms with Gasteiger partial charge < -0.3 is 20.8 Å². The zero-order valence-corrected chi connectivity index (χ0v) is 26.6. The Morgan fingerprint density at radius 3 is 2.39 bits per heavy atom. The molecule has 0 bridgehead atoms. The summed E-state index contributed by atoms with van der Waals surface area (Å²) in [5.74, 6) is -3.75. The Bertz CT molecular complexity index is 1990. The van der Waals surface area contributed by atoms with Gasteiger partial charge in [0.1, 0.15) is 15.5 Å². The summed E-state index contributed by atoms with van der Waals surface area (Å²) < 4.78 is 59.4. The van der Waals surface area contributed by atoms with Crippen molar-refractivity contribution < 1.29 is 31.2 Å². The van der Waals surface area contributed by atoms with Gasteiger partial charge in [-0.2, -0.15) is 13.1 Å². The quantitative estimate of drug-likeness (QED) is 0.100. The van der Waals surface area contributed by atoms with E-state index in [1.54, 1.807) is 42.5 Å². The van der Waals surface area contributed by atoms with E-state index in [1.807, 2.05) is 6.07 Å². The van der Waals surface area contributed by atoms with Crippen molar-refractivity contribution in [3.8, 4) is 0 Å². The number of ketones is 1. The maximum absolute atomic E-state index is 13.8. The van der Waals surface area contributed by atoms with Crippen molar-refractivity contribution in [2.45, 2.75) is 34.8 Å². The van der Waals surface area contributed by atoms with Crippen LogP contribution in [0.5, 0.6) is 0 Å². The summed E-state index contributed by atoms with van der Waals surface area (Å²) in [4.78, 5) is 27.9. The van der Waals surface area contributed by atoms with Gasteiger partial charge in [-0.05, 0) is 67.4 Å². The van der Waals surface area contributed by atoms with Gasteiger partial charge in [0.05, 0.1) is 16.1 Å². The number of thiophene rings is 1. The summed E-state index contributed by atoms with van der Waals surface area (Å²) in [6, 6.07) is 20.8. The second-order valence-electron chi connectivity index (χ2n) is 10.5. The summed E-state index contributed by atoms with van der Waals surface area (Å²) in [5, 5.41) is 6.76. The number of thioether (sulfide) groups is 1. The molecular weight excluding hydrogens is 655 g/mol. The number of piperidine rings is 1. The third kappa shape index (κ3) is 6.65. The molecule has 1 saturated heterocycles. The largest absolute Gasteiger partial charge is 0.453 e. The number of amides is 1. The van der Waals surface area contributed by atoms with Crippen LogP contribution >= 0.6 is 23.1 Å². The Balaban J connectivity index is 1.33. The van der Waals surface area contributed by atoms with Gasteiger partial charge in [-0.1, -0.05) is 42.4 Å². The Kier molecular flexibility index (Phi) is 9.13. The van der Waals surface area contributed by atoms with Crippen molar-refractivity contribution in [2.75, 3.05) is 29.5 Å². The highest BCUT2D eigenvalue weighted by atomic mass is 32.2. The van der Waals surface area contributed by atoms with E-state index >= 15 is 0 Å². The van der Waals surface area contributed by atoms with E-state index in [0.717, 1.165) is 36.0 Å². The number of alkyl halides is 2. The van der Waals surface area contributed by atoms with Crippen LogP contribution in [0.3, 0.4) is 0 Å². The number of nitrogens with one attached hydrogen (secondary N) is 2. The molecule has 14 heteroatoms. The van der Waals surface area contributed by atoms with E-state index in [0.29, 0.717) is 41.0 Å². The molecule has 3 heterocycles. The van der Waals surface area contributed by atoms with Crippen LogP contribution in [0.15, 0.2) is 93.1 Å². The van der Waals surface area contributed by atoms with Crippen molar-refractivity contribution in [2.24, 2.45) is 0 Å². The number of benzene rings is 3. The molecule has 5 aromatic rings. The number of anilines is 4. The fourth-order valence-electron chi connectivity index (χ4n) is 5.16. The number of rotatable bonds is 10. The zero-order valence-electron chi connectivity index (χ0n) is 24.2. The first-order valence-electron chi connectivity index (χ1n) is 14.3. The first-order chi connectivity index (χ1) is 22.1. The normalized spacial score (nSPS) is 14.1. The average molecular weight is 683 g/mol. The standard InChI is InChI=1S/C32H28F2N4O5S3/c33-32(34)44-22-13-11-20(12-14-22)37-31-26(27(35)29(45-31)28(39)25-17-19-7-2-3-10-24(19)43-25)30(40)36-21-8-6-9-23(18-21)46(41,42)38-15-4-1-5-16-38/h2-3,6-14,17-18,32,37H,1,4-5,15-16,35H2,(H,36,40). The Morgan fingerprint density at radius 1 is 0.935 bits per heavy atom. The number of hydrogen-bond donors (Lipinski definition) is 3. The molecule has 2 aromatic heterocycles. The second kappa shape index (κ2) is 13.2. The average Bonchev–Trinajstić information content (AvgIpc) is 3.63. The first-order valence-corrected chi connectivity index (χ1v) is 17.4. The van der Waals surface area contributed by atoms with Crippen molar-refractivity contribution in [3.63, 3.8) is 0 Å². The number of carbonyl (C=O) groups is 2. The predicted octanol–water partition coefficient (Wildman–Crippen LogP) is 7.79. The van der Waals surface area contributed by atoms with Crippen LogP contribution in [0, 0.1) is 0 Å².